The lowest BCUT2D eigenvalue weighted by Crippen LogP contribution is -2.16. The predicted molar refractivity (Wildman–Crippen MR) is 92.6 cm³/mol. The molecule has 0 saturated carbocycles. The van der Waals surface area contributed by atoms with Gasteiger partial charge in [-0.25, -0.2) is 0 Å². The lowest BCUT2D eigenvalue weighted by Gasteiger charge is -2.23. The second-order valence-electron chi connectivity index (χ2n) is 5.21. The number of benzene rings is 1. The molecule has 0 heterocycles. The van der Waals surface area contributed by atoms with Crippen molar-refractivity contribution in [2.75, 3.05) is 19.4 Å². The second kappa shape index (κ2) is 10.3. The SMILES string of the molecule is CCCC(=O)OC(CP(=O)(OCC)OCC)c1ccc([N+](=O)[O-])cc1. The van der Waals surface area contributed by atoms with Crippen LogP contribution in [0, 0.1) is 10.1 Å². The maximum absolute atomic E-state index is 12.8. The van der Waals surface area contributed by atoms with Crippen molar-refractivity contribution in [1.29, 1.82) is 0 Å². The number of nitrogens with zero attached hydrogens (tertiary/aromatic N) is 1. The van der Waals surface area contributed by atoms with Crippen LogP contribution in [0.5, 0.6) is 0 Å². The number of non-ortho nitro benzene ring substituents is 1. The van der Waals surface area contributed by atoms with Crippen LogP contribution in [0.3, 0.4) is 0 Å². The molecule has 8 nitrogen and oxygen atoms in total. The van der Waals surface area contributed by atoms with E-state index in [-0.39, 0.29) is 31.5 Å². The van der Waals surface area contributed by atoms with Crippen molar-refractivity contribution in [3.63, 3.8) is 0 Å². The highest BCUT2D eigenvalue weighted by atomic mass is 31.2. The van der Waals surface area contributed by atoms with E-state index in [1.165, 1.54) is 24.3 Å². The van der Waals surface area contributed by atoms with Gasteiger partial charge in [0.15, 0.2) is 0 Å². The van der Waals surface area contributed by atoms with Crippen molar-refractivity contribution in [1.82, 2.24) is 0 Å². The van der Waals surface area contributed by atoms with Gasteiger partial charge in [0.2, 0.25) is 0 Å². The Hall–Kier alpha value is -1.76. The average Bonchev–Trinajstić information content (AvgIpc) is 2.55. The maximum atomic E-state index is 12.8. The van der Waals surface area contributed by atoms with E-state index in [0.717, 1.165) is 0 Å². The van der Waals surface area contributed by atoms with E-state index >= 15 is 0 Å². The van der Waals surface area contributed by atoms with Gasteiger partial charge < -0.3 is 13.8 Å². The first-order chi connectivity index (χ1) is 11.8. The standard InChI is InChI=1S/C16H24NO7P/c1-4-7-16(18)24-15(12-25(21,22-5-2)23-6-3)13-8-10-14(11-9-13)17(19)20/h8-11,15H,4-7,12H2,1-3H3. The zero-order valence-electron chi connectivity index (χ0n) is 14.7. The van der Waals surface area contributed by atoms with Gasteiger partial charge >= 0.3 is 13.6 Å². The largest absolute Gasteiger partial charge is 0.457 e. The van der Waals surface area contributed by atoms with Crippen LogP contribution in [0.15, 0.2) is 24.3 Å². The minimum Gasteiger partial charge on any atom is -0.457 e. The van der Waals surface area contributed by atoms with Crippen molar-refractivity contribution >= 4 is 19.3 Å². The maximum Gasteiger partial charge on any atom is 0.334 e. The molecule has 0 fully saturated rings. The molecule has 140 valence electrons. The number of nitro benzene ring substituents is 1. The minimum absolute atomic E-state index is 0.0832. The first-order valence-electron chi connectivity index (χ1n) is 8.17. The zero-order valence-corrected chi connectivity index (χ0v) is 15.6. The number of carbonyl (C=O) groups is 1. The second-order valence-corrected chi connectivity index (χ2v) is 7.31. The molecule has 0 aliphatic rings. The topological polar surface area (TPSA) is 105 Å². The van der Waals surface area contributed by atoms with Gasteiger partial charge in [-0.05, 0) is 38.0 Å². The Morgan fingerprint density at radius 3 is 2.16 bits per heavy atom. The normalized spacial score (nSPS) is 12.6. The van der Waals surface area contributed by atoms with Crippen LogP contribution in [-0.4, -0.2) is 30.3 Å². The van der Waals surface area contributed by atoms with E-state index in [9.17, 15) is 19.5 Å². The number of hydrogen-bond acceptors (Lipinski definition) is 7. The van der Waals surface area contributed by atoms with Crippen molar-refractivity contribution < 1.29 is 28.1 Å². The molecule has 1 rings (SSSR count). The molecule has 0 saturated heterocycles. The lowest BCUT2D eigenvalue weighted by atomic mass is 10.1. The van der Waals surface area contributed by atoms with E-state index in [1.807, 2.05) is 6.92 Å². The number of carbonyl (C=O) groups excluding carboxylic acids is 1. The Morgan fingerprint density at radius 1 is 1.16 bits per heavy atom. The highest BCUT2D eigenvalue weighted by Gasteiger charge is 2.32. The van der Waals surface area contributed by atoms with Crippen LogP contribution >= 0.6 is 7.60 Å². The smallest absolute Gasteiger partial charge is 0.334 e. The molecule has 1 aromatic rings. The first kappa shape index (κ1) is 21.3. The molecule has 0 N–H and O–H groups in total. The predicted octanol–water partition coefficient (Wildman–Crippen LogP) is 4.25. The monoisotopic (exact) mass is 373 g/mol. The van der Waals surface area contributed by atoms with Gasteiger partial charge in [0.25, 0.3) is 5.69 Å². The highest BCUT2D eigenvalue weighted by molar-refractivity contribution is 7.53. The number of rotatable bonds is 11. The molecule has 1 aromatic carbocycles. The summed E-state index contributed by atoms with van der Waals surface area (Å²) in [7, 11) is -3.46. The van der Waals surface area contributed by atoms with Gasteiger partial charge in [-0.2, -0.15) is 0 Å². The molecule has 0 aromatic heterocycles. The van der Waals surface area contributed by atoms with Crippen LogP contribution < -0.4 is 0 Å². The van der Waals surface area contributed by atoms with E-state index < -0.39 is 24.6 Å². The molecule has 0 aliphatic heterocycles. The summed E-state index contributed by atoms with van der Waals surface area (Å²) in [5.74, 6) is -0.439. The van der Waals surface area contributed by atoms with Gasteiger partial charge in [-0.1, -0.05) is 6.92 Å². The molecule has 0 radical (unpaired) electrons. The van der Waals surface area contributed by atoms with E-state index in [0.29, 0.717) is 12.0 Å². The van der Waals surface area contributed by atoms with Gasteiger partial charge in [-0.15, -0.1) is 0 Å². The summed E-state index contributed by atoms with van der Waals surface area (Å²) < 4.78 is 28.7. The fraction of sp³-hybridized carbons (Fsp3) is 0.562. The number of ether oxygens (including phenoxy) is 1. The minimum atomic E-state index is -3.46. The first-order valence-corrected chi connectivity index (χ1v) is 9.90. The van der Waals surface area contributed by atoms with Gasteiger partial charge in [0, 0.05) is 18.6 Å². The Bertz CT molecular complexity index is 607. The summed E-state index contributed by atoms with van der Waals surface area (Å²) in [5.41, 5.74) is 0.412. The number of esters is 1. The molecule has 0 amide bonds. The summed E-state index contributed by atoms with van der Waals surface area (Å²) in [6.07, 6.45) is -0.192. The fourth-order valence-corrected chi connectivity index (χ4v) is 3.95. The van der Waals surface area contributed by atoms with Crippen LogP contribution in [0.1, 0.15) is 45.3 Å². The lowest BCUT2D eigenvalue weighted by molar-refractivity contribution is -0.384. The summed E-state index contributed by atoms with van der Waals surface area (Å²) in [4.78, 5) is 22.2. The van der Waals surface area contributed by atoms with Crippen molar-refractivity contribution in [3.8, 4) is 0 Å². The molecule has 0 aliphatic carbocycles. The Morgan fingerprint density at radius 2 is 1.72 bits per heavy atom. The number of nitro groups is 1. The molecular weight excluding hydrogens is 349 g/mol. The molecule has 25 heavy (non-hydrogen) atoms. The molecular formula is C16H24NO7P. The third kappa shape index (κ3) is 6.94. The Kier molecular flexibility index (Phi) is 8.75. The van der Waals surface area contributed by atoms with E-state index in [4.69, 9.17) is 13.8 Å². The van der Waals surface area contributed by atoms with Crippen LogP contribution in [0.2, 0.25) is 0 Å². The molecule has 9 heteroatoms. The van der Waals surface area contributed by atoms with Gasteiger partial charge in [-0.3, -0.25) is 19.5 Å². The Balaban J connectivity index is 3.08. The summed E-state index contributed by atoms with van der Waals surface area (Å²) in [6, 6.07) is 5.57. The summed E-state index contributed by atoms with van der Waals surface area (Å²) in [6.45, 7) is 5.60. The van der Waals surface area contributed by atoms with Crippen LogP contribution in [-0.2, 0) is 23.1 Å². The Labute approximate surface area is 147 Å². The summed E-state index contributed by atoms with van der Waals surface area (Å²) in [5, 5.41) is 10.8. The van der Waals surface area contributed by atoms with Gasteiger partial charge in [0.05, 0.1) is 24.3 Å². The van der Waals surface area contributed by atoms with Crippen molar-refractivity contribution in [2.45, 2.75) is 39.7 Å². The number of hydrogen-bond donors (Lipinski definition) is 0. The summed E-state index contributed by atoms with van der Waals surface area (Å²) >= 11 is 0. The molecule has 1 atom stereocenters. The van der Waals surface area contributed by atoms with Gasteiger partial charge in [0.1, 0.15) is 6.10 Å². The van der Waals surface area contributed by atoms with E-state index in [1.54, 1.807) is 13.8 Å². The van der Waals surface area contributed by atoms with E-state index in [2.05, 4.69) is 0 Å². The van der Waals surface area contributed by atoms with Crippen LogP contribution in [0.4, 0.5) is 5.69 Å². The third-order valence-electron chi connectivity index (χ3n) is 3.24. The van der Waals surface area contributed by atoms with Crippen LogP contribution in [0.25, 0.3) is 0 Å². The molecule has 0 spiro atoms. The molecule has 1 unspecified atom stereocenters. The molecule has 0 bridgehead atoms. The van der Waals surface area contributed by atoms with Crippen molar-refractivity contribution in [3.05, 3.63) is 39.9 Å². The highest BCUT2D eigenvalue weighted by Crippen LogP contribution is 2.51. The zero-order chi connectivity index (χ0) is 18.9. The third-order valence-corrected chi connectivity index (χ3v) is 5.33. The van der Waals surface area contributed by atoms with Crippen molar-refractivity contribution in [2.24, 2.45) is 0 Å². The average molecular weight is 373 g/mol. The quantitative estimate of drug-likeness (QED) is 0.247. The fourth-order valence-electron chi connectivity index (χ4n) is 2.18.